The van der Waals surface area contributed by atoms with Crippen molar-refractivity contribution in [1.29, 1.82) is 0 Å². The average Bonchev–Trinajstić information content (AvgIpc) is 3.09. The SMILES string of the molecule is Cc1nnc(SCSc2nnnn2-c2ccccc2)s1. The van der Waals surface area contributed by atoms with Gasteiger partial charge in [-0.2, -0.15) is 4.68 Å². The van der Waals surface area contributed by atoms with Crippen LogP contribution in [0.5, 0.6) is 0 Å². The highest BCUT2D eigenvalue weighted by molar-refractivity contribution is 8.16. The molecule has 1 aromatic carbocycles. The lowest BCUT2D eigenvalue weighted by Crippen LogP contribution is -1.98. The Morgan fingerprint density at radius 2 is 1.95 bits per heavy atom. The van der Waals surface area contributed by atoms with Gasteiger partial charge in [-0.05, 0) is 29.5 Å². The molecule has 0 saturated carbocycles. The van der Waals surface area contributed by atoms with Crippen LogP contribution in [0.15, 0.2) is 39.8 Å². The molecule has 0 N–H and O–H groups in total. The molecule has 0 saturated heterocycles. The molecular formula is C11H10N6S3. The van der Waals surface area contributed by atoms with E-state index in [1.54, 1.807) is 39.5 Å². The van der Waals surface area contributed by atoms with Gasteiger partial charge < -0.3 is 0 Å². The van der Waals surface area contributed by atoms with Crippen molar-refractivity contribution in [2.45, 2.75) is 16.4 Å². The Morgan fingerprint density at radius 1 is 1.10 bits per heavy atom. The number of hydrogen-bond acceptors (Lipinski definition) is 8. The van der Waals surface area contributed by atoms with Gasteiger partial charge in [0.15, 0.2) is 4.34 Å². The van der Waals surface area contributed by atoms with Gasteiger partial charge in [-0.1, -0.05) is 53.1 Å². The molecule has 0 aliphatic heterocycles. The number of tetrazole rings is 1. The highest BCUT2D eigenvalue weighted by Gasteiger charge is 2.09. The van der Waals surface area contributed by atoms with E-state index in [9.17, 15) is 0 Å². The van der Waals surface area contributed by atoms with E-state index in [1.165, 1.54) is 0 Å². The molecule has 102 valence electrons. The van der Waals surface area contributed by atoms with Gasteiger partial charge in [-0.15, -0.1) is 15.3 Å². The third-order valence-corrected chi connectivity index (χ3v) is 5.34. The fourth-order valence-corrected chi connectivity index (χ4v) is 4.43. The lowest BCUT2D eigenvalue weighted by molar-refractivity contribution is 0.757. The molecule has 2 heterocycles. The number of nitrogens with zero attached hydrogens (tertiary/aromatic N) is 6. The summed E-state index contributed by atoms with van der Waals surface area (Å²) in [5.74, 6) is 0. The highest BCUT2D eigenvalue weighted by Crippen LogP contribution is 2.28. The summed E-state index contributed by atoms with van der Waals surface area (Å²) < 4.78 is 2.70. The molecule has 0 spiro atoms. The van der Waals surface area contributed by atoms with Crippen molar-refractivity contribution >= 4 is 34.9 Å². The third-order valence-electron chi connectivity index (χ3n) is 2.32. The van der Waals surface area contributed by atoms with Gasteiger partial charge >= 0.3 is 0 Å². The summed E-state index contributed by atoms with van der Waals surface area (Å²) in [6, 6.07) is 9.84. The summed E-state index contributed by atoms with van der Waals surface area (Å²) in [5, 5.41) is 22.4. The molecule has 0 amide bonds. The van der Waals surface area contributed by atoms with Crippen molar-refractivity contribution in [1.82, 2.24) is 30.4 Å². The van der Waals surface area contributed by atoms with Gasteiger partial charge in [0.05, 0.1) is 10.8 Å². The second kappa shape index (κ2) is 6.33. The maximum absolute atomic E-state index is 4.07. The van der Waals surface area contributed by atoms with Crippen LogP contribution in [0, 0.1) is 6.92 Å². The largest absolute Gasteiger partial charge is 0.214 e. The Morgan fingerprint density at radius 3 is 2.70 bits per heavy atom. The minimum atomic E-state index is 0.768. The Bertz CT molecular complexity index is 680. The van der Waals surface area contributed by atoms with Crippen molar-refractivity contribution < 1.29 is 0 Å². The maximum atomic E-state index is 4.07. The molecular weight excluding hydrogens is 312 g/mol. The van der Waals surface area contributed by atoms with Crippen molar-refractivity contribution in [3.63, 3.8) is 0 Å². The molecule has 0 radical (unpaired) electrons. The zero-order chi connectivity index (χ0) is 13.8. The molecule has 3 aromatic rings. The Kier molecular flexibility index (Phi) is 4.28. The number of rotatable bonds is 5. The van der Waals surface area contributed by atoms with E-state index in [4.69, 9.17) is 0 Å². The standard InChI is InChI=1S/C11H10N6S3/c1-8-12-14-11(20-8)19-7-18-10-13-15-16-17(10)9-5-3-2-4-6-9/h2-6H,7H2,1H3. The molecule has 20 heavy (non-hydrogen) atoms. The number of aryl methyl sites for hydroxylation is 1. The Labute approximate surface area is 128 Å². The van der Waals surface area contributed by atoms with Crippen LogP contribution in [-0.2, 0) is 0 Å². The van der Waals surface area contributed by atoms with E-state index in [1.807, 2.05) is 37.3 Å². The number of para-hydroxylation sites is 1. The molecule has 0 unspecified atom stereocenters. The summed E-state index contributed by atoms with van der Waals surface area (Å²) in [4.78, 5) is 0. The molecule has 2 aromatic heterocycles. The molecule has 0 bridgehead atoms. The van der Waals surface area contributed by atoms with E-state index >= 15 is 0 Å². The Hall–Kier alpha value is -1.45. The van der Waals surface area contributed by atoms with Crippen LogP contribution < -0.4 is 0 Å². The first-order valence-electron chi connectivity index (χ1n) is 5.72. The van der Waals surface area contributed by atoms with E-state index < -0.39 is 0 Å². The number of benzene rings is 1. The zero-order valence-electron chi connectivity index (χ0n) is 10.5. The molecule has 6 nitrogen and oxygen atoms in total. The summed E-state index contributed by atoms with van der Waals surface area (Å²) in [6.45, 7) is 1.95. The molecule has 0 aliphatic rings. The molecule has 0 atom stereocenters. The second-order valence-corrected chi connectivity index (χ2v) is 7.41. The van der Waals surface area contributed by atoms with Gasteiger partial charge in [0.1, 0.15) is 5.01 Å². The predicted octanol–water partition coefficient (Wildman–Crippen LogP) is 2.66. The van der Waals surface area contributed by atoms with Gasteiger partial charge in [0.2, 0.25) is 5.16 Å². The normalized spacial score (nSPS) is 10.8. The fraction of sp³-hybridized carbons (Fsp3) is 0.182. The van der Waals surface area contributed by atoms with Gasteiger partial charge in [-0.25, -0.2) is 0 Å². The van der Waals surface area contributed by atoms with E-state index in [0.717, 1.165) is 25.3 Å². The molecule has 0 fully saturated rings. The van der Waals surface area contributed by atoms with Crippen LogP contribution in [0.4, 0.5) is 0 Å². The van der Waals surface area contributed by atoms with Crippen LogP contribution in [0.25, 0.3) is 5.69 Å². The zero-order valence-corrected chi connectivity index (χ0v) is 13.0. The van der Waals surface area contributed by atoms with Crippen LogP contribution >= 0.6 is 34.9 Å². The number of aromatic nitrogens is 6. The summed E-state index contributed by atoms with van der Waals surface area (Å²) in [7, 11) is 0. The Balaban J connectivity index is 1.65. The number of hydrogen-bond donors (Lipinski definition) is 0. The molecule has 0 aliphatic carbocycles. The average molecular weight is 322 g/mol. The third kappa shape index (κ3) is 3.17. The lowest BCUT2D eigenvalue weighted by Gasteiger charge is -2.02. The first-order chi connectivity index (χ1) is 9.83. The lowest BCUT2D eigenvalue weighted by atomic mass is 10.3. The van der Waals surface area contributed by atoms with Gasteiger partial charge in [0, 0.05) is 0 Å². The van der Waals surface area contributed by atoms with Crippen LogP contribution in [-0.4, -0.2) is 35.5 Å². The first-order valence-corrected chi connectivity index (χ1v) is 8.51. The first kappa shape index (κ1) is 13.5. The monoisotopic (exact) mass is 322 g/mol. The van der Waals surface area contributed by atoms with Crippen LogP contribution in [0.1, 0.15) is 5.01 Å². The second-order valence-electron chi connectivity index (χ2n) is 3.70. The van der Waals surface area contributed by atoms with Crippen LogP contribution in [0.3, 0.4) is 0 Å². The summed E-state index contributed by atoms with van der Waals surface area (Å²) >= 11 is 4.82. The fourth-order valence-electron chi connectivity index (χ4n) is 1.47. The van der Waals surface area contributed by atoms with Crippen LogP contribution in [0.2, 0.25) is 0 Å². The summed E-state index contributed by atoms with van der Waals surface area (Å²) in [5.41, 5.74) is 0.955. The molecule has 9 heteroatoms. The topological polar surface area (TPSA) is 69.4 Å². The van der Waals surface area contributed by atoms with Gasteiger partial charge in [0.25, 0.3) is 0 Å². The number of thioether (sulfide) groups is 2. The van der Waals surface area contributed by atoms with Crippen molar-refractivity contribution in [2.24, 2.45) is 0 Å². The molecule has 3 rings (SSSR count). The highest BCUT2D eigenvalue weighted by atomic mass is 32.2. The van der Waals surface area contributed by atoms with E-state index in [0.29, 0.717) is 0 Å². The van der Waals surface area contributed by atoms with E-state index in [2.05, 4.69) is 25.7 Å². The smallest absolute Gasteiger partial charge is 0.187 e. The van der Waals surface area contributed by atoms with Crippen molar-refractivity contribution in [2.75, 3.05) is 5.08 Å². The predicted molar refractivity (Wildman–Crippen MR) is 80.4 cm³/mol. The van der Waals surface area contributed by atoms with Gasteiger partial charge in [-0.3, -0.25) is 0 Å². The van der Waals surface area contributed by atoms with E-state index in [-0.39, 0.29) is 0 Å². The quantitative estimate of drug-likeness (QED) is 0.528. The van der Waals surface area contributed by atoms with Crippen molar-refractivity contribution in [3.8, 4) is 5.69 Å². The summed E-state index contributed by atoms with van der Waals surface area (Å²) in [6.07, 6.45) is 0. The van der Waals surface area contributed by atoms with Crippen molar-refractivity contribution in [3.05, 3.63) is 35.3 Å². The minimum absolute atomic E-state index is 0.768. The minimum Gasteiger partial charge on any atom is -0.187 e. The maximum Gasteiger partial charge on any atom is 0.214 e.